The molecule has 1 atom stereocenters. The predicted octanol–water partition coefficient (Wildman–Crippen LogP) is 3.73. The zero-order chi connectivity index (χ0) is 20.4. The second-order valence-electron chi connectivity index (χ2n) is 6.59. The lowest BCUT2D eigenvalue weighted by molar-refractivity contribution is -0.126. The number of aliphatic imine (C=N–C) groups is 1. The number of rotatable bonds is 4. The van der Waals surface area contributed by atoms with Crippen LogP contribution in [0.5, 0.6) is 0 Å². The van der Waals surface area contributed by atoms with Crippen molar-refractivity contribution in [1.82, 2.24) is 0 Å². The number of benzene rings is 3. The molecule has 1 amide bonds. The van der Waals surface area contributed by atoms with Crippen LogP contribution in [-0.2, 0) is 4.79 Å². The first-order chi connectivity index (χ1) is 14.0. The summed E-state index contributed by atoms with van der Waals surface area (Å²) >= 11 is 6.22. The summed E-state index contributed by atoms with van der Waals surface area (Å²) < 4.78 is 0. The van der Waals surface area contributed by atoms with Crippen molar-refractivity contribution in [2.75, 3.05) is 11.4 Å². The second-order valence-corrected chi connectivity index (χ2v) is 7.03. The summed E-state index contributed by atoms with van der Waals surface area (Å²) in [5.41, 5.74) is 2.72. The molecule has 5 nitrogen and oxygen atoms in total. The fourth-order valence-electron chi connectivity index (χ4n) is 3.29. The summed E-state index contributed by atoms with van der Waals surface area (Å²) in [5.74, 6) is -0.904. The molecule has 0 spiro atoms. The number of hydrogen-bond donors (Lipinski definition) is 1. The number of aliphatic hydroxyl groups is 1. The van der Waals surface area contributed by atoms with E-state index in [-0.39, 0.29) is 12.3 Å². The Bertz CT molecular complexity index is 1100. The van der Waals surface area contributed by atoms with Crippen molar-refractivity contribution in [3.8, 4) is 0 Å². The molecule has 1 N–H and O–H groups in total. The fraction of sp³-hybridized carbons (Fsp3) is 0.0870. The number of Topliss-reactive ketones (excluding diaryl/α,β-unsaturated/α-hetero) is 1. The van der Waals surface area contributed by atoms with Gasteiger partial charge in [0.25, 0.3) is 5.91 Å². The van der Waals surface area contributed by atoms with Crippen molar-refractivity contribution in [2.45, 2.75) is 6.23 Å². The van der Waals surface area contributed by atoms with Gasteiger partial charge in [0.15, 0.2) is 5.78 Å². The van der Waals surface area contributed by atoms with Crippen molar-refractivity contribution in [3.63, 3.8) is 0 Å². The van der Waals surface area contributed by atoms with Crippen LogP contribution in [-0.4, -0.2) is 35.3 Å². The van der Waals surface area contributed by atoms with Gasteiger partial charge < -0.3 is 5.11 Å². The number of carbonyl (C=O) groups excluding carboxylic acids is 2. The molecule has 1 heterocycles. The van der Waals surface area contributed by atoms with Crippen LogP contribution < -0.4 is 4.90 Å². The summed E-state index contributed by atoms with van der Waals surface area (Å²) in [6, 6.07) is 23.0. The Morgan fingerprint density at radius 2 is 1.66 bits per heavy atom. The number of aliphatic hydroxyl groups excluding tert-OH is 1. The van der Waals surface area contributed by atoms with E-state index < -0.39 is 12.1 Å². The third kappa shape index (κ3) is 3.83. The predicted molar refractivity (Wildman–Crippen MR) is 113 cm³/mol. The molecule has 4 rings (SSSR count). The maximum absolute atomic E-state index is 12.9. The number of amides is 1. The van der Waals surface area contributed by atoms with Gasteiger partial charge in [0, 0.05) is 21.7 Å². The summed E-state index contributed by atoms with van der Waals surface area (Å²) in [7, 11) is 0. The molecule has 144 valence electrons. The van der Waals surface area contributed by atoms with Crippen LogP contribution >= 0.6 is 11.6 Å². The highest BCUT2D eigenvalue weighted by atomic mass is 35.5. The van der Waals surface area contributed by atoms with Crippen LogP contribution in [0.25, 0.3) is 0 Å². The van der Waals surface area contributed by atoms with Gasteiger partial charge in [-0.2, -0.15) is 0 Å². The molecule has 0 aliphatic carbocycles. The van der Waals surface area contributed by atoms with E-state index in [0.29, 0.717) is 27.5 Å². The van der Waals surface area contributed by atoms with E-state index in [1.54, 1.807) is 42.5 Å². The van der Waals surface area contributed by atoms with E-state index in [2.05, 4.69) is 4.99 Å². The third-order valence-electron chi connectivity index (χ3n) is 4.69. The molecule has 0 saturated carbocycles. The van der Waals surface area contributed by atoms with Crippen LogP contribution in [0, 0.1) is 0 Å². The van der Waals surface area contributed by atoms with Crippen LogP contribution in [0.3, 0.4) is 0 Å². The van der Waals surface area contributed by atoms with Crippen molar-refractivity contribution in [1.29, 1.82) is 0 Å². The smallest absolute Gasteiger partial charge is 0.279 e. The Morgan fingerprint density at radius 1 is 1.00 bits per heavy atom. The normalized spacial score (nSPS) is 16.1. The summed E-state index contributed by atoms with van der Waals surface area (Å²) in [4.78, 5) is 31.2. The minimum Gasteiger partial charge on any atom is -0.364 e. The summed E-state index contributed by atoms with van der Waals surface area (Å²) in [5, 5.41) is 10.9. The van der Waals surface area contributed by atoms with Crippen molar-refractivity contribution in [3.05, 3.63) is 101 Å². The topological polar surface area (TPSA) is 70.0 Å². The number of carbonyl (C=O) groups is 2. The van der Waals surface area contributed by atoms with Gasteiger partial charge in [-0.05, 0) is 18.2 Å². The molecule has 1 aliphatic heterocycles. The molecule has 3 aromatic carbocycles. The lowest BCUT2D eigenvalue weighted by Gasteiger charge is -2.23. The molecule has 1 unspecified atom stereocenters. The Hall–Kier alpha value is -3.28. The van der Waals surface area contributed by atoms with E-state index in [1.807, 2.05) is 36.4 Å². The van der Waals surface area contributed by atoms with Crippen LogP contribution in [0.1, 0.15) is 21.5 Å². The Balaban J connectivity index is 1.81. The highest BCUT2D eigenvalue weighted by Crippen LogP contribution is 2.31. The SMILES string of the molecule is O=C(CN1C(=O)C(O)N=C(c2ccccc2)c2cc(Cl)ccc21)c1ccccc1. The van der Waals surface area contributed by atoms with Gasteiger partial charge >= 0.3 is 0 Å². The molecule has 0 fully saturated rings. The van der Waals surface area contributed by atoms with Gasteiger partial charge in [0.1, 0.15) is 0 Å². The Kier molecular flexibility index (Phi) is 5.25. The van der Waals surface area contributed by atoms with Crippen molar-refractivity contribution in [2.24, 2.45) is 4.99 Å². The molecule has 0 saturated heterocycles. The first-order valence-electron chi connectivity index (χ1n) is 9.05. The minimum atomic E-state index is -1.63. The van der Waals surface area contributed by atoms with Crippen molar-refractivity contribution < 1.29 is 14.7 Å². The molecule has 0 aromatic heterocycles. The maximum atomic E-state index is 12.9. The quantitative estimate of drug-likeness (QED) is 0.673. The van der Waals surface area contributed by atoms with E-state index in [9.17, 15) is 14.7 Å². The molecule has 29 heavy (non-hydrogen) atoms. The molecule has 6 heteroatoms. The van der Waals surface area contributed by atoms with Gasteiger partial charge in [-0.3, -0.25) is 14.5 Å². The van der Waals surface area contributed by atoms with Gasteiger partial charge in [0.05, 0.1) is 17.9 Å². The van der Waals surface area contributed by atoms with Crippen LogP contribution in [0.2, 0.25) is 5.02 Å². The fourth-order valence-corrected chi connectivity index (χ4v) is 3.46. The maximum Gasteiger partial charge on any atom is 0.279 e. The number of fused-ring (bicyclic) bond motifs is 1. The number of benzodiazepines with no additional fused rings is 1. The van der Waals surface area contributed by atoms with E-state index in [4.69, 9.17) is 11.6 Å². The van der Waals surface area contributed by atoms with Gasteiger partial charge in [-0.1, -0.05) is 72.3 Å². The second kappa shape index (κ2) is 7.99. The van der Waals surface area contributed by atoms with Crippen LogP contribution in [0.4, 0.5) is 5.69 Å². The zero-order valence-corrected chi connectivity index (χ0v) is 16.1. The number of halogens is 1. The largest absolute Gasteiger partial charge is 0.364 e. The Labute approximate surface area is 172 Å². The highest BCUT2D eigenvalue weighted by molar-refractivity contribution is 6.32. The van der Waals surface area contributed by atoms with E-state index in [0.717, 1.165) is 5.56 Å². The standard InChI is InChI=1S/C23H17ClN2O3/c24-17-11-12-19-18(13-17)21(16-9-5-2-6-10-16)25-22(28)23(29)26(19)14-20(27)15-7-3-1-4-8-15/h1-13,22,28H,14H2. The first-order valence-corrected chi connectivity index (χ1v) is 9.43. The molecule has 3 aromatic rings. The molecule has 0 bridgehead atoms. The summed E-state index contributed by atoms with van der Waals surface area (Å²) in [6.07, 6.45) is -1.63. The van der Waals surface area contributed by atoms with Crippen molar-refractivity contribution >= 4 is 34.7 Å². The molecular weight excluding hydrogens is 388 g/mol. The van der Waals surface area contributed by atoms with Gasteiger partial charge in [0.2, 0.25) is 6.23 Å². The number of hydrogen-bond acceptors (Lipinski definition) is 4. The number of nitrogens with zero attached hydrogens (tertiary/aromatic N) is 2. The number of ketones is 1. The molecular formula is C23H17ClN2O3. The van der Waals surface area contributed by atoms with E-state index in [1.165, 1.54) is 4.90 Å². The van der Waals surface area contributed by atoms with Gasteiger partial charge in [-0.25, -0.2) is 4.99 Å². The van der Waals surface area contributed by atoms with Crippen LogP contribution in [0.15, 0.2) is 83.9 Å². The molecule has 0 radical (unpaired) electrons. The zero-order valence-electron chi connectivity index (χ0n) is 15.3. The lowest BCUT2D eigenvalue weighted by Crippen LogP contribution is -2.41. The molecule has 1 aliphatic rings. The average molecular weight is 405 g/mol. The lowest BCUT2D eigenvalue weighted by atomic mass is 10.00. The highest BCUT2D eigenvalue weighted by Gasteiger charge is 2.32. The third-order valence-corrected chi connectivity index (χ3v) is 4.92. The Morgan fingerprint density at radius 3 is 2.34 bits per heavy atom. The van der Waals surface area contributed by atoms with E-state index >= 15 is 0 Å². The van der Waals surface area contributed by atoms with Gasteiger partial charge in [-0.15, -0.1) is 0 Å². The average Bonchev–Trinajstić information content (AvgIpc) is 2.85. The first kappa shape index (κ1) is 19.1. The minimum absolute atomic E-state index is 0.216. The number of anilines is 1. The monoisotopic (exact) mass is 404 g/mol. The summed E-state index contributed by atoms with van der Waals surface area (Å²) in [6.45, 7) is -0.216.